The van der Waals surface area contributed by atoms with E-state index in [9.17, 15) is 29.4 Å². The summed E-state index contributed by atoms with van der Waals surface area (Å²) in [5, 5.41) is 28.7. The van der Waals surface area contributed by atoms with E-state index in [1.807, 2.05) is 0 Å². The lowest BCUT2D eigenvalue weighted by Crippen LogP contribution is -2.48. The average Bonchev–Trinajstić information content (AvgIpc) is 2.74. The van der Waals surface area contributed by atoms with Crippen LogP contribution in [0.1, 0.15) is 65.2 Å². The molecule has 12 heteroatoms. The second-order valence-electron chi connectivity index (χ2n) is 7.27. The first-order valence-corrected chi connectivity index (χ1v) is 13.6. The van der Waals surface area contributed by atoms with Gasteiger partial charge in [-0.1, -0.05) is 74.0 Å². The van der Waals surface area contributed by atoms with Gasteiger partial charge in [-0.25, -0.2) is 19.2 Å². The minimum atomic E-state index is -1.17. The molecule has 6 N–H and O–H groups in total. The van der Waals surface area contributed by atoms with E-state index >= 15 is 0 Å². The van der Waals surface area contributed by atoms with Gasteiger partial charge in [0.15, 0.2) is 0 Å². The molecule has 0 aromatic carbocycles. The molecule has 0 fully saturated rings. The average molecular weight is 495 g/mol. The van der Waals surface area contributed by atoms with Crippen molar-refractivity contribution in [3.8, 4) is 0 Å². The molecule has 0 spiro atoms. The van der Waals surface area contributed by atoms with Gasteiger partial charge in [0.2, 0.25) is 0 Å². The number of carboxylic acids is 2. The van der Waals surface area contributed by atoms with Gasteiger partial charge in [-0.05, 0) is 12.8 Å². The van der Waals surface area contributed by atoms with E-state index in [4.69, 9.17) is 0 Å². The smallest absolute Gasteiger partial charge is 0.327 e. The summed E-state index contributed by atoms with van der Waals surface area (Å²) in [6.45, 7) is 5.14. The summed E-state index contributed by atoms with van der Waals surface area (Å²) < 4.78 is 0. The normalized spacial score (nSPS) is 12.4. The molecule has 0 aromatic heterocycles. The Bertz CT molecular complexity index is 520. The number of carbonyl (C=O) groups is 4. The van der Waals surface area contributed by atoms with Crippen molar-refractivity contribution in [2.45, 2.75) is 77.3 Å². The van der Waals surface area contributed by atoms with Crippen molar-refractivity contribution in [1.29, 1.82) is 0 Å². The Labute approximate surface area is 198 Å². The molecule has 0 saturated heterocycles. The van der Waals surface area contributed by atoms with Gasteiger partial charge in [0.25, 0.3) is 0 Å². The number of aliphatic carboxylic acids is 2. The molecule has 2 unspecified atom stereocenters. The zero-order chi connectivity index (χ0) is 24.2. The van der Waals surface area contributed by atoms with Crippen LogP contribution in [0.2, 0.25) is 0 Å². The monoisotopic (exact) mass is 494 g/mol. The van der Waals surface area contributed by atoms with Crippen LogP contribution in [-0.2, 0) is 9.59 Å². The Morgan fingerprint density at radius 2 is 1.03 bits per heavy atom. The van der Waals surface area contributed by atoms with Gasteiger partial charge >= 0.3 is 24.0 Å². The fraction of sp³-hybridized carbons (Fsp3) is 0.800. The molecule has 186 valence electrons. The third-order valence-electron chi connectivity index (χ3n) is 4.39. The second kappa shape index (κ2) is 19.8. The van der Waals surface area contributed by atoms with E-state index in [0.717, 1.165) is 73.0 Å². The van der Waals surface area contributed by atoms with Crippen LogP contribution in [0.25, 0.3) is 0 Å². The Hall–Kier alpha value is -1.82. The standard InChI is InChI=1S/C20H38N4O6S2/c1-3-5-7-9-11-21-19(29)23-15(17(25)26)13-31-32-14-16(18(27)28)24-20(30)22-12-10-8-6-4-2/h15-16H,3-14H2,1-2H3,(H,25,26)(H,27,28)(H2,21,23,29)(H2,22,24,30). The van der Waals surface area contributed by atoms with Crippen LogP contribution in [-0.4, -0.2) is 70.9 Å². The molecule has 0 aliphatic heterocycles. The Kier molecular flexibility index (Phi) is 18.7. The van der Waals surface area contributed by atoms with Crippen molar-refractivity contribution in [1.82, 2.24) is 21.3 Å². The van der Waals surface area contributed by atoms with Gasteiger partial charge in [-0.15, -0.1) is 0 Å². The molecule has 0 aliphatic carbocycles. The SMILES string of the molecule is CCCCCCNC(=O)NC(CSSCC(NC(=O)NCCCCCC)C(=O)O)C(=O)O. The van der Waals surface area contributed by atoms with Crippen molar-refractivity contribution in [2.24, 2.45) is 0 Å². The van der Waals surface area contributed by atoms with Crippen LogP contribution < -0.4 is 21.3 Å². The van der Waals surface area contributed by atoms with Crippen LogP contribution in [0.15, 0.2) is 0 Å². The predicted octanol–water partition coefficient (Wildman–Crippen LogP) is 3.03. The summed E-state index contributed by atoms with van der Waals surface area (Å²) in [7, 11) is 2.25. The summed E-state index contributed by atoms with van der Waals surface area (Å²) >= 11 is 0. The number of carboxylic acid groups (broad SMARTS) is 2. The quantitative estimate of drug-likeness (QED) is 0.118. The van der Waals surface area contributed by atoms with Gasteiger partial charge < -0.3 is 31.5 Å². The summed E-state index contributed by atoms with van der Waals surface area (Å²) in [6, 6.07) is -3.29. The molecule has 0 radical (unpaired) electrons. The minimum Gasteiger partial charge on any atom is -0.480 e. The number of rotatable bonds is 19. The Morgan fingerprint density at radius 1 is 0.656 bits per heavy atom. The molecule has 0 rings (SSSR count). The molecule has 0 aromatic rings. The zero-order valence-corrected chi connectivity index (χ0v) is 20.6. The first kappa shape index (κ1) is 30.2. The van der Waals surface area contributed by atoms with E-state index < -0.39 is 36.1 Å². The van der Waals surface area contributed by atoms with E-state index in [0.29, 0.717) is 13.1 Å². The van der Waals surface area contributed by atoms with Gasteiger partial charge in [0.05, 0.1) is 0 Å². The number of hydrogen-bond acceptors (Lipinski definition) is 6. The number of nitrogens with one attached hydrogen (secondary N) is 4. The number of hydrogen-bond donors (Lipinski definition) is 6. The van der Waals surface area contributed by atoms with Crippen LogP contribution in [0.5, 0.6) is 0 Å². The minimum absolute atomic E-state index is 0.0548. The number of carbonyl (C=O) groups excluding carboxylic acids is 2. The molecule has 4 amide bonds. The van der Waals surface area contributed by atoms with E-state index in [2.05, 4.69) is 35.1 Å². The lowest BCUT2D eigenvalue weighted by Gasteiger charge is -2.16. The summed E-state index contributed by atoms with van der Waals surface area (Å²) in [5.41, 5.74) is 0. The lowest BCUT2D eigenvalue weighted by atomic mass is 10.2. The molecule has 0 heterocycles. The number of urea groups is 2. The first-order valence-electron chi connectivity index (χ1n) is 11.1. The largest absolute Gasteiger partial charge is 0.480 e. The van der Waals surface area contributed by atoms with Gasteiger partial charge in [-0.2, -0.15) is 0 Å². The van der Waals surface area contributed by atoms with Crippen molar-refractivity contribution >= 4 is 45.6 Å². The Morgan fingerprint density at radius 3 is 1.34 bits per heavy atom. The van der Waals surface area contributed by atoms with Crippen LogP contribution in [0.3, 0.4) is 0 Å². The van der Waals surface area contributed by atoms with Gasteiger partial charge in [-0.3, -0.25) is 0 Å². The van der Waals surface area contributed by atoms with Crippen LogP contribution in [0, 0.1) is 0 Å². The van der Waals surface area contributed by atoms with Crippen molar-refractivity contribution < 1.29 is 29.4 Å². The maximum absolute atomic E-state index is 11.9. The van der Waals surface area contributed by atoms with E-state index in [1.54, 1.807) is 0 Å². The molecular formula is C20H38N4O6S2. The maximum Gasteiger partial charge on any atom is 0.327 e. The maximum atomic E-state index is 11.9. The molecule has 10 nitrogen and oxygen atoms in total. The zero-order valence-electron chi connectivity index (χ0n) is 19.0. The first-order chi connectivity index (χ1) is 15.3. The number of amides is 4. The summed E-state index contributed by atoms with van der Waals surface area (Å²) in [5.74, 6) is -2.23. The number of unbranched alkanes of at least 4 members (excludes halogenated alkanes) is 6. The highest BCUT2D eigenvalue weighted by molar-refractivity contribution is 8.76. The fourth-order valence-corrected chi connectivity index (χ4v) is 4.82. The van der Waals surface area contributed by atoms with E-state index in [-0.39, 0.29) is 11.5 Å². The summed E-state index contributed by atoms with van der Waals surface area (Å²) in [4.78, 5) is 46.5. The van der Waals surface area contributed by atoms with Crippen LogP contribution >= 0.6 is 21.6 Å². The molecule has 0 aliphatic rings. The highest BCUT2D eigenvalue weighted by Crippen LogP contribution is 2.23. The molecule has 0 bridgehead atoms. The summed E-state index contributed by atoms with van der Waals surface area (Å²) in [6.07, 6.45) is 8.01. The molecule has 32 heavy (non-hydrogen) atoms. The third kappa shape index (κ3) is 16.8. The second-order valence-corrected chi connectivity index (χ2v) is 9.82. The molecular weight excluding hydrogens is 456 g/mol. The van der Waals surface area contributed by atoms with Crippen molar-refractivity contribution in [2.75, 3.05) is 24.6 Å². The van der Waals surface area contributed by atoms with E-state index in [1.165, 1.54) is 0 Å². The topological polar surface area (TPSA) is 157 Å². The Balaban J connectivity index is 4.22. The van der Waals surface area contributed by atoms with Gasteiger partial charge in [0.1, 0.15) is 12.1 Å². The third-order valence-corrected chi connectivity index (χ3v) is 6.81. The van der Waals surface area contributed by atoms with Crippen molar-refractivity contribution in [3.63, 3.8) is 0 Å². The van der Waals surface area contributed by atoms with Crippen LogP contribution in [0.4, 0.5) is 9.59 Å². The van der Waals surface area contributed by atoms with Gasteiger partial charge in [0, 0.05) is 24.6 Å². The highest BCUT2D eigenvalue weighted by atomic mass is 33.1. The predicted molar refractivity (Wildman–Crippen MR) is 129 cm³/mol. The molecule has 2 atom stereocenters. The highest BCUT2D eigenvalue weighted by Gasteiger charge is 2.23. The molecule has 0 saturated carbocycles. The van der Waals surface area contributed by atoms with Crippen molar-refractivity contribution in [3.05, 3.63) is 0 Å². The fourth-order valence-electron chi connectivity index (χ4n) is 2.51. The lowest BCUT2D eigenvalue weighted by molar-refractivity contribution is -0.139.